The molecule has 0 aliphatic carbocycles. The van der Waals surface area contributed by atoms with Crippen molar-refractivity contribution in [2.75, 3.05) is 7.05 Å². The van der Waals surface area contributed by atoms with Gasteiger partial charge in [-0.15, -0.1) is 6.58 Å². The molecule has 0 aliphatic rings. The van der Waals surface area contributed by atoms with Crippen LogP contribution in [0.15, 0.2) is 24.3 Å². The number of carbonyl (C=O) groups is 1. The second kappa shape index (κ2) is 7.33. The van der Waals surface area contributed by atoms with E-state index in [2.05, 4.69) is 18.8 Å². The fourth-order valence-electron chi connectivity index (χ4n) is 1.08. The lowest BCUT2D eigenvalue weighted by Gasteiger charge is -2.09. The summed E-state index contributed by atoms with van der Waals surface area (Å²) < 4.78 is 0. The summed E-state index contributed by atoms with van der Waals surface area (Å²) in [6, 6.07) is 0. The van der Waals surface area contributed by atoms with Crippen LogP contribution in [0.25, 0.3) is 0 Å². The van der Waals surface area contributed by atoms with Crippen LogP contribution in [0.1, 0.15) is 26.2 Å². The van der Waals surface area contributed by atoms with Crippen LogP contribution >= 0.6 is 0 Å². The summed E-state index contributed by atoms with van der Waals surface area (Å²) in [5, 5.41) is 12.0. The standard InChI is InChI=1S/C11H19NO2/c1-4-6-7-8-9(10(13)5-2)11(14)12-3/h5,8,10,13H,2,4,6-7H2,1,3H3,(H,12,14). The molecule has 0 aromatic rings. The van der Waals surface area contributed by atoms with E-state index in [1.165, 1.54) is 6.08 Å². The lowest BCUT2D eigenvalue weighted by Crippen LogP contribution is -2.26. The summed E-state index contributed by atoms with van der Waals surface area (Å²) in [6.45, 7) is 5.54. The molecule has 3 nitrogen and oxygen atoms in total. The van der Waals surface area contributed by atoms with Crippen LogP contribution in [0.5, 0.6) is 0 Å². The molecule has 1 atom stereocenters. The Hall–Kier alpha value is -1.09. The number of hydrogen-bond acceptors (Lipinski definition) is 2. The zero-order chi connectivity index (χ0) is 11.0. The number of unbranched alkanes of at least 4 members (excludes halogenated alkanes) is 2. The first-order chi connectivity index (χ1) is 6.67. The number of nitrogens with one attached hydrogen (secondary N) is 1. The summed E-state index contributed by atoms with van der Waals surface area (Å²) in [4.78, 5) is 11.3. The monoisotopic (exact) mass is 197 g/mol. The molecule has 0 saturated heterocycles. The van der Waals surface area contributed by atoms with E-state index in [9.17, 15) is 9.90 Å². The molecular weight excluding hydrogens is 178 g/mol. The van der Waals surface area contributed by atoms with Crippen LogP contribution in [-0.4, -0.2) is 24.2 Å². The zero-order valence-corrected chi connectivity index (χ0v) is 8.92. The van der Waals surface area contributed by atoms with E-state index < -0.39 is 6.10 Å². The maximum absolute atomic E-state index is 11.3. The Balaban J connectivity index is 4.45. The van der Waals surface area contributed by atoms with E-state index in [-0.39, 0.29) is 5.91 Å². The number of amides is 1. The highest BCUT2D eigenvalue weighted by Gasteiger charge is 2.13. The summed E-state index contributed by atoms with van der Waals surface area (Å²) in [7, 11) is 1.55. The number of carbonyl (C=O) groups excluding carboxylic acids is 1. The maximum atomic E-state index is 11.3. The van der Waals surface area contributed by atoms with E-state index in [1.54, 1.807) is 13.1 Å². The smallest absolute Gasteiger partial charge is 0.249 e. The van der Waals surface area contributed by atoms with Crippen LogP contribution in [-0.2, 0) is 4.79 Å². The fourth-order valence-corrected chi connectivity index (χ4v) is 1.08. The van der Waals surface area contributed by atoms with Crippen molar-refractivity contribution in [3.63, 3.8) is 0 Å². The molecule has 14 heavy (non-hydrogen) atoms. The van der Waals surface area contributed by atoms with Crippen molar-refractivity contribution in [3.8, 4) is 0 Å². The van der Waals surface area contributed by atoms with Crippen molar-refractivity contribution in [2.24, 2.45) is 0 Å². The highest BCUT2D eigenvalue weighted by Crippen LogP contribution is 2.07. The van der Waals surface area contributed by atoms with Gasteiger partial charge in [0.25, 0.3) is 0 Å². The predicted octanol–water partition coefficient (Wildman–Crippen LogP) is 1.40. The highest BCUT2D eigenvalue weighted by atomic mass is 16.3. The molecule has 0 spiro atoms. The highest BCUT2D eigenvalue weighted by molar-refractivity contribution is 5.94. The minimum atomic E-state index is -0.869. The van der Waals surface area contributed by atoms with Crippen molar-refractivity contribution >= 4 is 5.91 Å². The average Bonchev–Trinajstić information content (AvgIpc) is 2.22. The van der Waals surface area contributed by atoms with Gasteiger partial charge < -0.3 is 10.4 Å². The lowest BCUT2D eigenvalue weighted by molar-refractivity contribution is -0.117. The van der Waals surface area contributed by atoms with Crippen molar-refractivity contribution < 1.29 is 9.90 Å². The molecule has 1 amide bonds. The first-order valence-corrected chi connectivity index (χ1v) is 4.90. The minimum Gasteiger partial charge on any atom is -0.384 e. The molecule has 1 unspecified atom stereocenters. The minimum absolute atomic E-state index is 0.242. The Bertz CT molecular complexity index is 221. The molecule has 0 aromatic heterocycles. The quantitative estimate of drug-likeness (QED) is 0.384. The number of aliphatic hydroxyl groups is 1. The molecule has 80 valence electrons. The van der Waals surface area contributed by atoms with Gasteiger partial charge in [-0.2, -0.15) is 0 Å². The van der Waals surface area contributed by atoms with Crippen molar-refractivity contribution in [2.45, 2.75) is 32.3 Å². The van der Waals surface area contributed by atoms with Gasteiger partial charge in [0.15, 0.2) is 0 Å². The van der Waals surface area contributed by atoms with Crippen molar-refractivity contribution in [1.82, 2.24) is 5.32 Å². The van der Waals surface area contributed by atoms with Gasteiger partial charge in [-0.05, 0) is 6.42 Å². The number of hydrogen-bond donors (Lipinski definition) is 2. The summed E-state index contributed by atoms with van der Waals surface area (Å²) in [5.74, 6) is -0.242. The molecule has 0 radical (unpaired) electrons. The molecule has 0 aromatic carbocycles. The Morgan fingerprint density at radius 2 is 2.29 bits per heavy atom. The van der Waals surface area contributed by atoms with E-state index in [0.29, 0.717) is 5.57 Å². The van der Waals surface area contributed by atoms with Gasteiger partial charge >= 0.3 is 0 Å². The first-order valence-electron chi connectivity index (χ1n) is 4.90. The Kier molecular flexibility index (Phi) is 6.76. The van der Waals surface area contributed by atoms with Gasteiger partial charge in [-0.1, -0.05) is 31.9 Å². The fraction of sp³-hybridized carbons (Fsp3) is 0.545. The van der Waals surface area contributed by atoms with Crippen molar-refractivity contribution in [1.29, 1.82) is 0 Å². The second-order valence-corrected chi connectivity index (χ2v) is 3.06. The molecule has 0 fully saturated rings. The van der Waals surface area contributed by atoms with Gasteiger partial charge in [0.05, 0.1) is 0 Å². The number of aliphatic hydroxyl groups excluding tert-OH is 1. The number of allylic oxidation sites excluding steroid dienone is 1. The van der Waals surface area contributed by atoms with Gasteiger partial charge in [0.2, 0.25) is 5.91 Å². The lowest BCUT2D eigenvalue weighted by atomic mass is 10.1. The van der Waals surface area contributed by atoms with Crippen LogP contribution in [0.2, 0.25) is 0 Å². The zero-order valence-electron chi connectivity index (χ0n) is 8.92. The first kappa shape index (κ1) is 12.9. The van der Waals surface area contributed by atoms with Crippen molar-refractivity contribution in [3.05, 3.63) is 24.3 Å². The SMILES string of the molecule is C=CC(O)C(=CCCCC)C(=O)NC. The summed E-state index contributed by atoms with van der Waals surface area (Å²) in [5.41, 5.74) is 0.385. The van der Waals surface area contributed by atoms with E-state index in [1.807, 2.05) is 0 Å². The maximum Gasteiger partial charge on any atom is 0.249 e. The number of likely N-dealkylation sites (N-methyl/N-ethyl adjacent to an activating group) is 1. The third-order valence-electron chi connectivity index (χ3n) is 1.95. The Labute approximate surface area is 85.5 Å². The largest absolute Gasteiger partial charge is 0.384 e. The van der Waals surface area contributed by atoms with E-state index in [0.717, 1.165) is 19.3 Å². The van der Waals surface area contributed by atoms with Crippen LogP contribution < -0.4 is 5.32 Å². The second-order valence-electron chi connectivity index (χ2n) is 3.06. The van der Waals surface area contributed by atoms with Gasteiger partial charge in [-0.3, -0.25) is 4.79 Å². The average molecular weight is 197 g/mol. The van der Waals surface area contributed by atoms with Gasteiger partial charge in [0.1, 0.15) is 6.10 Å². The molecule has 0 bridgehead atoms. The molecule has 3 heteroatoms. The molecule has 2 N–H and O–H groups in total. The van der Waals surface area contributed by atoms with Crippen LogP contribution in [0.4, 0.5) is 0 Å². The van der Waals surface area contributed by atoms with Crippen LogP contribution in [0, 0.1) is 0 Å². The van der Waals surface area contributed by atoms with Crippen LogP contribution in [0.3, 0.4) is 0 Å². The normalized spacial score (nSPS) is 13.5. The Morgan fingerprint density at radius 3 is 2.71 bits per heavy atom. The van der Waals surface area contributed by atoms with E-state index in [4.69, 9.17) is 0 Å². The van der Waals surface area contributed by atoms with Gasteiger partial charge in [0, 0.05) is 12.6 Å². The molecule has 0 saturated carbocycles. The number of rotatable bonds is 6. The Morgan fingerprint density at radius 1 is 1.64 bits per heavy atom. The van der Waals surface area contributed by atoms with E-state index >= 15 is 0 Å². The van der Waals surface area contributed by atoms with Gasteiger partial charge in [-0.25, -0.2) is 0 Å². The third kappa shape index (κ3) is 4.23. The molecular formula is C11H19NO2. The molecule has 0 rings (SSSR count). The summed E-state index contributed by atoms with van der Waals surface area (Å²) >= 11 is 0. The molecule has 0 heterocycles. The topological polar surface area (TPSA) is 49.3 Å². The predicted molar refractivity (Wildman–Crippen MR) is 57.9 cm³/mol. The summed E-state index contributed by atoms with van der Waals surface area (Å²) in [6.07, 6.45) is 5.16. The third-order valence-corrected chi connectivity index (χ3v) is 1.95. The molecule has 0 aliphatic heterocycles.